The average Bonchev–Trinajstić information content (AvgIpc) is 3.67. The number of fused-ring (bicyclic) bond motifs is 1. The summed E-state index contributed by atoms with van der Waals surface area (Å²) in [5, 5.41) is 23.0. The molecule has 0 unspecified atom stereocenters. The van der Waals surface area contributed by atoms with Crippen LogP contribution in [0.15, 0.2) is 30.6 Å². The van der Waals surface area contributed by atoms with Crippen LogP contribution in [0.5, 0.6) is 0 Å². The third-order valence-electron chi connectivity index (χ3n) is 7.55. The Labute approximate surface area is 262 Å². The van der Waals surface area contributed by atoms with Gasteiger partial charge >= 0.3 is 0 Å². The zero-order valence-corrected chi connectivity index (χ0v) is 28.8. The first-order valence-electron chi connectivity index (χ1n) is 15.8. The Hall–Kier alpha value is -2.73. The smallest absolute Gasteiger partial charge is 0.215 e. The number of hydrogen-bond donors (Lipinski definition) is 2. The minimum absolute atomic E-state index is 0.301. The van der Waals surface area contributed by atoms with E-state index < -0.39 is 8.07 Å². The molecule has 3 aromatic heterocycles. The highest BCUT2D eigenvalue weighted by Gasteiger charge is 2.20. The number of rotatable bonds is 17. The van der Waals surface area contributed by atoms with Crippen molar-refractivity contribution in [3.8, 4) is 0 Å². The number of likely N-dealkylation sites (tertiary alicyclic amines) is 1. The van der Waals surface area contributed by atoms with Crippen LogP contribution in [0, 0.1) is 5.41 Å². The second kappa shape index (κ2) is 15.8. The van der Waals surface area contributed by atoms with Crippen LogP contribution in [0.2, 0.25) is 25.7 Å². The van der Waals surface area contributed by atoms with E-state index in [1.807, 2.05) is 29.4 Å². The highest BCUT2D eigenvalue weighted by molar-refractivity contribution is 7.15. The molecule has 0 atom stereocenters. The second-order valence-electron chi connectivity index (χ2n) is 12.9. The molecule has 0 bridgehead atoms. The molecule has 0 spiro atoms. The molecule has 4 heterocycles. The largest absolute Gasteiger partial charge is 0.390 e. The van der Waals surface area contributed by atoms with E-state index >= 15 is 0 Å². The standard InChI is InChI=1S/C32H50N8OSSi/c1-7-11-27(33)26(22-34-14-10-17-39-15-8-9-16-39)25-20-29-28(35-21-25)12-13-30(36-29)40(23-41-18-19-43(4,5)6)32-38-37-31(42-32)24(2)3/h12-13,20-22,24,33-34H,7-11,14-19,23H2,1-6H3/b26-22-,33-27?. The zero-order valence-electron chi connectivity index (χ0n) is 26.9. The summed E-state index contributed by atoms with van der Waals surface area (Å²) in [6.45, 7) is 19.0. The van der Waals surface area contributed by atoms with Crippen molar-refractivity contribution in [1.29, 1.82) is 5.41 Å². The highest BCUT2D eigenvalue weighted by Crippen LogP contribution is 2.31. The van der Waals surface area contributed by atoms with E-state index in [1.165, 1.54) is 25.9 Å². The number of allylic oxidation sites excluding steroid dienone is 1. The zero-order chi connectivity index (χ0) is 30.8. The molecule has 0 radical (unpaired) electrons. The minimum Gasteiger partial charge on any atom is -0.390 e. The topological polar surface area (TPSA) is 103 Å². The third-order valence-corrected chi connectivity index (χ3v) is 10.5. The molecule has 0 saturated carbocycles. The predicted molar refractivity (Wildman–Crippen MR) is 184 cm³/mol. The summed E-state index contributed by atoms with van der Waals surface area (Å²) >= 11 is 1.58. The minimum atomic E-state index is -1.21. The van der Waals surface area contributed by atoms with Crippen LogP contribution in [-0.2, 0) is 4.74 Å². The number of hydrogen-bond acceptors (Lipinski definition) is 10. The van der Waals surface area contributed by atoms with Gasteiger partial charge in [-0.2, -0.15) is 0 Å². The van der Waals surface area contributed by atoms with Crippen LogP contribution in [0.4, 0.5) is 10.9 Å². The van der Waals surface area contributed by atoms with Crippen LogP contribution in [0.25, 0.3) is 16.6 Å². The fourth-order valence-corrected chi connectivity index (χ4v) is 6.53. The van der Waals surface area contributed by atoms with Gasteiger partial charge in [-0.15, -0.1) is 10.2 Å². The van der Waals surface area contributed by atoms with Crippen molar-refractivity contribution >= 4 is 52.7 Å². The monoisotopic (exact) mass is 622 g/mol. The Balaban J connectivity index is 1.57. The first-order chi connectivity index (χ1) is 20.6. The Bertz CT molecular complexity index is 1360. The summed E-state index contributed by atoms with van der Waals surface area (Å²) in [7, 11) is -1.21. The lowest BCUT2D eigenvalue weighted by Crippen LogP contribution is -2.26. The van der Waals surface area contributed by atoms with Crippen molar-refractivity contribution in [2.24, 2.45) is 0 Å². The second-order valence-corrected chi connectivity index (χ2v) is 19.5. The Morgan fingerprint density at radius 1 is 1.19 bits per heavy atom. The lowest BCUT2D eigenvalue weighted by molar-refractivity contribution is 0.153. The molecule has 2 N–H and O–H groups in total. The molecule has 1 aliphatic heterocycles. The first-order valence-corrected chi connectivity index (χ1v) is 20.4. The van der Waals surface area contributed by atoms with Gasteiger partial charge in [0.1, 0.15) is 17.6 Å². The van der Waals surface area contributed by atoms with E-state index in [-0.39, 0.29) is 0 Å². The van der Waals surface area contributed by atoms with E-state index in [0.29, 0.717) is 31.4 Å². The van der Waals surface area contributed by atoms with Crippen LogP contribution < -0.4 is 10.2 Å². The maximum absolute atomic E-state index is 8.81. The maximum Gasteiger partial charge on any atom is 0.215 e. The normalized spacial score (nSPS) is 14.6. The molecule has 1 fully saturated rings. The summed E-state index contributed by atoms with van der Waals surface area (Å²) in [6, 6.07) is 7.12. The van der Waals surface area contributed by atoms with Crippen molar-refractivity contribution < 1.29 is 4.74 Å². The molecule has 43 heavy (non-hydrogen) atoms. The number of nitrogens with one attached hydrogen (secondary N) is 2. The fraction of sp³-hybridized carbons (Fsp3) is 0.594. The van der Waals surface area contributed by atoms with Crippen molar-refractivity contribution in [2.45, 2.75) is 84.5 Å². The molecule has 4 rings (SSSR count). The van der Waals surface area contributed by atoms with E-state index in [4.69, 9.17) is 20.1 Å². The third kappa shape index (κ3) is 9.89. The van der Waals surface area contributed by atoms with Crippen molar-refractivity contribution in [3.63, 3.8) is 0 Å². The van der Waals surface area contributed by atoms with Gasteiger partial charge in [-0.05, 0) is 69.6 Å². The molecule has 0 aliphatic carbocycles. The molecule has 9 nitrogen and oxygen atoms in total. The van der Waals surface area contributed by atoms with Gasteiger partial charge in [0.25, 0.3) is 0 Å². The molecular formula is C32H50N8OSSi. The lowest BCUT2D eigenvalue weighted by atomic mass is 10.00. The van der Waals surface area contributed by atoms with Gasteiger partial charge in [-0.1, -0.05) is 58.2 Å². The van der Waals surface area contributed by atoms with Gasteiger partial charge in [-0.3, -0.25) is 9.88 Å². The number of ether oxygens (including phenoxy) is 1. The van der Waals surface area contributed by atoms with Crippen LogP contribution in [-0.4, -0.2) is 78.4 Å². The van der Waals surface area contributed by atoms with E-state index in [0.717, 1.165) is 70.1 Å². The summed E-state index contributed by atoms with van der Waals surface area (Å²) in [5.41, 5.74) is 3.98. The van der Waals surface area contributed by atoms with Gasteiger partial charge in [0, 0.05) is 56.4 Å². The van der Waals surface area contributed by atoms with E-state index in [9.17, 15) is 0 Å². The highest BCUT2D eigenvalue weighted by atomic mass is 32.1. The van der Waals surface area contributed by atoms with Gasteiger partial charge in [0.2, 0.25) is 5.13 Å². The summed E-state index contributed by atoms with van der Waals surface area (Å²) in [5.74, 6) is 1.05. The number of nitrogens with zero attached hydrogens (tertiary/aromatic N) is 6. The van der Waals surface area contributed by atoms with Crippen LogP contribution in [0.1, 0.15) is 69.4 Å². The average molecular weight is 623 g/mol. The lowest BCUT2D eigenvalue weighted by Gasteiger charge is -2.22. The van der Waals surface area contributed by atoms with Gasteiger partial charge in [0.15, 0.2) is 0 Å². The van der Waals surface area contributed by atoms with Crippen molar-refractivity contribution in [2.75, 3.05) is 44.4 Å². The molecular weight excluding hydrogens is 573 g/mol. The molecule has 11 heteroatoms. The molecule has 0 amide bonds. The number of aromatic nitrogens is 4. The maximum atomic E-state index is 8.81. The summed E-state index contributed by atoms with van der Waals surface area (Å²) in [4.78, 5) is 14.3. The first kappa shape index (κ1) is 33.2. The van der Waals surface area contributed by atoms with Crippen LogP contribution in [0.3, 0.4) is 0 Å². The SMILES string of the molecule is CCCC(=N)/C(=C\NCCCN1CCCC1)c1cnc2ccc(N(COCC[Si](C)(C)C)c3nnc(C(C)C)s3)nc2c1. The predicted octanol–water partition coefficient (Wildman–Crippen LogP) is 7.29. The summed E-state index contributed by atoms with van der Waals surface area (Å²) in [6.07, 6.45) is 9.22. The molecule has 1 saturated heterocycles. The number of anilines is 2. The molecule has 1 aliphatic rings. The van der Waals surface area contributed by atoms with E-state index in [2.05, 4.69) is 66.9 Å². The van der Waals surface area contributed by atoms with Gasteiger partial charge in [-0.25, -0.2) is 4.98 Å². The molecule has 0 aromatic carbocycles. The number of pyridine rings is 2. The van der Waals surface area contributed by atoms with Gasteiger partial charge < -0.3 is 20.4 Å². The fourth-order valence-electron chi connectivity index (χ4n) is 4.93. The Kier molecular flexibility index (Phi) is 12.2. The Morgan fingerprint density at radius 2 is 1.98 bits per heavy atom. The molecule has 3 aromatic rings. The van der Waals surface area contributed by atoms with Crippen molar-refractivity contribution in [3.05, 3.63) is 41.2 Å². The van der Waals surface area contributed by atoms with Gasteiger partial charge in [0.05, 0.1) is 11.0 Å². The van der Waals surface area contributed by atoms with Crippen molar-refractivity contribution in [1.82, 2.24) is 30.4 Å². The summed E-state index contributed by atoms with van der Waals surface area (Å²) < 4.78 is 6.17. The quantitative estimate of drug-likeness (QED) is 0.0700. The van der Waals surface area contributed by atoms with E-state index in [1.54, 1.807) is 11.3 Å². The Morgan fingerprint density at radius 3 is 2.67 bits per heavy atom. The molecule has 234 valence electrons. The van der Waals surface area contributed by atoms with Crippen LogP contribution >= 0.6 is 11.3 Å².